The largest absolute Gasteiger partial charge is 0.382 e. The van der Waals surface area contributed by atoms with Crippen molar-refractivity contribution >= 4 is 10.9 Å². The molecule has 1 aliphatic heterocycles. The molecule has 1 fully saturated rings. The van der Waals surface area contributed by atoms with E-state index in [1.54, 1.807) is 0 Å². The van der Waals surface area contributed by atoms with Gasteiger partial charge in [-0.2, -0.15) is 0 Å². The fourth-order valence-electron chi connectivity index (χ4n) is 2.28. The van der Waals surface area contributed by atoms with Crippen LogP contribution in [0.3, 0.4) is 0 Å². The minimum atomic E-state index is -0.675. The topological polar surface area (TPSA) is 37.2 Å². The minimum Gasteiger partial charge on any atom is -0.382 e. The Morgan fingerprint density at radius 1 is 1.33 bits per heavy atom. The number of β-amino-alcohol motifs (C(OH)–C–C–N with tert-alkyl or cyclic N) is 1. The normalized spacial score (nSPS) is 19.1. The van der Waals surface area contributed by atoms with Gasteiger partial charge in [-0.25, -0.2) is 0 Å². The summed E-state index contributed by atoms with van der Waals surface area (Å²) < 4.78 is 2.07. The highest BCUT2D eigenvalue weighted by molar-refractivity contribution is 5.84. The SMILES string of the molecule is Cn1ccc2cccc(C3(O)CNC3)c21. The molecule has 1 aromatic carbocycles. The molecule has 0 spiro atoms. The second kappa shape index (κ2) is 2.84. The molecule has 2 aromatic rings. The van der Waals surface area contributed by atoms with Crippen LogP contribution in [0.4, 0.5) is 0 Å². The molecule has 0 radical (unpaired) electrons. The van der Waals surface area contributed by atoms with Crippen LogP contribution in [0.5, 0.6) is 0 Å². The summed E-state index contributed by atoms with van der Waals surface area (Å²) in [5, 5.41) is 14.7. The number of nitrogens with zero attached hydrogens (tertiary/aromatic N) is 1. The molecule has 0 atom stereocenters. The molecule has 1 saturated heterocycles. The lowest BCUT2D eigenvalue weighted by atomic mass is 9.87. The van der Waals surface area contributed by atoms with Crippen LogP contribution in [0.15, 0.2) is 30.5 Å². The third-order valence-corrected chi connectivity index (χ3v) is 3.23. The summed E-state index contributed by atoms with van der Waals surface area (Å²) in [4.78, 5) is 0. The molecule has 1 aliphatic rings. The first-order valence-corrected chi connectivity index (χ1v) is 5.18. The quantitative estimate of drug-likeness (QED) is 0.723. The van der Waals surface area contributed by atoms with Gasteiger partial charge in [0.05, 0.1) is 5.52 Å². The Balaban J connectivity index is 2.29. The van der Waals surface area contributed by atoms with Crippen molar-refractivity contribution < 1.29 is 5.11 Å². The number of para-hydroxylation sites is 1. The van der Waals surface area contributed by atoms with Gasteiger partial charge in [0.2, 0.25) is 0 Å². The average Bonchev–Trinajstić information content (AvgIpc) is 2.57. The monoisotopic (exact) mass is 202 g/mol. The van der Waals surface area contributed by atoms with Crippen molar-refractivity contribution in [3.8, 4) is 0 Å². The Morgan fingerprint density at radius 3 is 2.80 bits per heavy atom. The first-order chi connectivity index (χ1) is 7.21. The molecule has 0 unspecified atom stereocenters. The van der Waals surface area contributed by atoms with Gasteiger partial charge in [-0.15, -0.1) is 0 Å². The first-order valence-electron chi connectivity index (χ1n) is 5.18. The van der Waals surface area contributed by atoms with Gasteiger partial charge < -0.3 is 15.0 Å². The van der Waals surface area contributed by atoms with Crippen LogP contribution < -0.4 is 5.32 Å². The van der Waals surface area contributed by atoms with E-state index >= 15 is 0 Å². The number of benzene rings is 1. The zero-order chi connectivity index (χ0) is 10.5. The smallest absolute Gasteiger partial charge is 0.116 e. The zero-order valence-corrected chi connectivity index (χ0v) is 8.70. The number of fused-ring (bicyclic) bond motifs is 1. The number of aryl methyl sites for hydroxylation is 1. The van der Waals surface area contributed by atoms with E-state index < -0.39 is 5.60 Å². The summed E-state index contributed by atoms with van der Waals surface area (Å²) in [6.07, 6.45) is 2.03. The lowest BCUT2D eigenvalue weighted by Crippen LogP contribution is -2.56. The van der Waals surface area contributed by atoms with Crippen molar-refractivity contribution in [1.29, 1.82) is 0 Å². The fraction of sp³-hybridized carbons (Fsp3) is 0.333. The van der Waals surface area contributed by atoms with Gasteiger partial charge in [-0.1, -0.05) is 18.2 Å². The number of aromatic nitrogens is 1. The molecule has 3 heteroatoms. The summed E-state index contributed by atoms with van der Waals surface area (Å²) in [7, 11) is 2.02. The lowest BCUT2D eigenvalue weighted by Gasteiger charge is -2.38. The van der Waals surface area contributed by atoms with Crippen LogP contribution in [-0.4, -0.2) is 22.8 Å². The van der Waals surface area contributed by atoms with Crippen molar-refractivity contribution in [2.45, 2.75) is 5.60 Å². The highest BCUT2D eigenvalue weighted by Gasteiger charge is 2.37. The fourth-order valence-corrected chi connectivity index (χ4v) is 2.28. The average molecular weight is 202 g/mol. The summed E-state index contributed by atoms with van der Waals surface area (Å²) in [6.45, 7) is 1.30. The molecule has 2 N–H and O–H groups in total. The molecule has 2 heterocycles. The second-order valence-electron chi connectivity index (χ2n) is 4.31. The van der Waals surface area contributed by atoms with Gasteiger partial charge in [0.1, 0.15) is 5.60 Å². The number of hydrogen-bond acceptors (Lipinski definition) is 2. The van der Waals surface area contributed by atoms with Crippen molar-refractivity contribution in [3.63, 3.8) is 0 Å². The summed E-state index contributed by atoms with van der Waals surface area (Å²) in [6, 6.07) is 8.18. The maximum absolute atomic E-state index is 10.3. The molecule has 3 nitrogen and oxygen atoms in total. The highest BCUT2D eigenvalue weighted by atomic mass is 16.3. The highest BCUT2D eigenvalue weighted by Crippen LogP contribution is 2.31. The predicted octanol–water partition coefficient (Wildman–Crippen LogP) is 0.969. The Labute approximate surface area is 88.3 Å². The molecule has 78 valence electrons. The van der Waals surface area contributed by atoms with Crippen LogP contribution in [0.1, 0.15) is 5.56 Å². The van der Waals surface area contributed by atoms with Gasteiger partial charge in [0.15, 0.2) is 0 Å². The van der Waals surface area contributed by atoms with Crippen LogP contribution in [0.2, 0.25) is 0 Å². The molecule has 1 aromatic heterocycles. The van der Waals surface area contributed by atoms with Crippen molar-refractivity contribution in [1.82, 2.24) is 9.88 Å². The van der Waals surface area contributed by atoms with E-state index in [9.17, 15) is 5.11 Å². The minimum absolute atomic E-state index is 0.650. The van der Waals surface area contributed by atoms with Crippen LogP contribution in [-0.2, 0) is 12.6 Å². The maximum Gasteiger partial charge on any atom is 0.116 e. The van der Waals surface area contributed by atoms with Crippen molar-refractivity contribution in [3.05, 3.63) is 36.0 Å². The second-order valence-corrected chi connectivity index (χ2v) is 4.31. The molecule has 15 heavy (non-hydrogen) atoms. The van der Waals surface area contributed by atoms with Crippen LogP contribution in [0, 0.1) is 0 Å². The first kappa shape index (κ1) is 8.95. The summed E-state index contributed by atoms with van der Waals surface area (Å²) in [5.41, 5.74) is 1.50. The Hall–Kier alpha value is -1.32. The summed E-state index contributed by atoms with van der Waals surface area (Å²) in [5.74, 6) is 0. The van der Waals surface area contributed by atoms with E-state index in [2.05, 4.69) is 22.0 Å². The number of rotatable bonds is 1. The summed E-state index contributed by atoms with van der Waals surface area (Å²) >= 11 is 0. The Bertz CT molecular complexity index is 511. The Kier molecular flexibility index (Phi) is 1.69. The van der Waals surface area contributed by atoms with E-state index in [0.29, 0.717) is 13.1 Å². The number of aliphatic hydroxyl groups is 1. The van der Waals surface area contributed by atoms with Gasteiger partial charge in [0, 0.05) is 31.9 Å². The van der Waals surface area contributed by atoms with E-state index in [0.717, 1.165) is 11.1 Å². The number of hydrogen-bond donors (Lipinski definition) is 2. The molecule has 0 bridgehead atoms. The standard InChI is InChI=1S/C12H14N2O/c1-14-6-5-9-3-2-4-10(11(9)14)12(15)7-13-8-12/h2-6,13,15H,7-8H2,1H3. The molecule has 0 amide bonds. The van der Waals surface area contributed by atoms with Crippen molar-refractivity contribution in [2.75, 3.05) is 13.1 Å². The van der Waals surface area contributed by atoms with E-state index in [1.165, 1.54) is 5.39 Å². The van der Waals surface area contributed by atoms with Gasteiger partial charge in [-0.05, 0) is 11.5 Å². The molecular formula is C12H14N2O. The van der Waals surface area contributed by atoms with Gasteiger partial charge >= 0.3 is 0 Å². The molecule has 0 saturated carbocycles. The molecular weight excluding hydrogens is 188 g/mol. The van der Waals surface area contributed by atoms with Crippen LogP contribution in [0.25, 0.3) is 10.9 Å². The van der Waals surface area contributed by atoms with Crippen molar-refractivity contribution in [2.24, 2.45) is 7.05 Å². The van der Waals surface area contributed by atoms with Gasteiger partial charge in [-0.3, -0.25) is 0 Å². The third kappa shape index (κ3) is 1.14. The van der Waals surface area contributed by atoms with E-state index in [4.69, 9.17) is 0 Å². The third-order valence-electron chi connectivity index (χ3n) is 3.23. The Morgan fingerprint density at radius 2 is 2.13 bits per heavy atom. The lowest BCUT2D eigenvalue weighted by molar-refractivity contribution is -0.0135. The zero-order valence-electron chi connectivity index (χ0n) is 8.70. The van der Waals surface area contributed by atoms with E-state index in [-0.39, 0.29) is 0 Å². The molecule has 3 rings (SSSR count). The molecule has 0 aliphatic carbocycles. The van der Waals surface area contributed by atoms with Gasteiger partial charge in [0.25, 0.3) is 0 Å². The maximum atomic E-state index is 10.3. The van der Waals surface area contributed by atoms with E-state index in [1.807, 2.05) is 25.4 Å². The predicted molar refractivity (Wildman–Crippen MR) is 59.7 cm³/mol. The van der Waals surface area contributed by atoms with Crippen LogP contribution >= 0.6 is 0 Å². The number of nitrogens with one attached hydrogen (secondary N) is 1.